The minimum atomic E-state index is -0.0349. The predicted octanol–water partition coefficient (Wildman–Crippen LogP) is 5.12. The molecule has 0 saturated heterocycles. The second-order valence-electron chi connectivity index (χ2n) is 8.28. The Bertz CT molecular complexity index is 754. The van der Waals surface area contributed by atoms with Crippen LogP contribution in [0.2, 0.25) is 0 Å². The topological polar surface area (TPSA) is 44.5 Å². The van der Waals surface area contributed by atoms with Crippen molar-refractivity contribution in [3.05, 3.63) is 47.7 Å². The van der Waals surface area contributed by atoms with Crippen LogP contribution in [0.3, 0.4) is 0 Å². The van der Waals surface area contributed by atoms with Crippen LogP contribution in [0.4, 0.5) is 0 Å². The molecule has 6 rings (SSSR count). The van der Waals surface area contributed by atoms with E-state index in [0.29, 0.717) is 18.6 Å². The van der Waals surface area contributed by atoms with E-state index >= 15 is 0 Å². The summed E-state index contributed by atoms with van der Waals surface area (Å²) < 4.78 is 18.4. The summed E-state index contributed by atoms with van der Waals surface area (Å²) in [6.45, 7) is 1.20. The van der Waals surface area contributed by atoms with E-state index in [-0.39, 0.29) is 5.41 Å². The van der Waals surface area contributed by atoms with Crippen LogP contribution < -0.4 is 4.74 Å². The van der Waals surface area contributed by atoms with Crippen LogP contribution in [-0.2, 0) is 16.8 Å². The van der Waals surface area contributed by atoms with Gasteiger partial charge in [0.05, 0.1) is 18.1 Å². The van der Waals surface area contributed by atoms with Gasteiger partial charge in [-0.05, 0) is 62.1 Å². The SMILES string of the molecule is c1cc2cc(c1)C1CCC(CC1)OCC1(CCCC1)c1nc(co1)CO2. The number of benzene rings is 1. The number of aromatic nitrogens is 1. The molecule has 3 heterocycles. The van der Waals surface area contributed by atoms with Gasteiger partial charge in [0.25, 0.3) is 0 Å². The fraction of sp³-hybridized carbons (Fsp3) is 0.591. The molecular weight excluding hydrogens is 326 g/mol. The van der Waals surface area contributed by atoms with E-state index in [2.05, 4.69) is 18.2 Å². The van der Waals surface area contributed by atoms with E-state index in [0.717, 1.165) is 49.6 Å². The maximum Gasteiger partial charge on any atom is 0.202 e. The summed E-state index contributed by atoms with van der Waals surface area (Å²) in [5, 5.41) is 0. The second kappa shape index (κ2) is 6.73. The Labute approximate surface area is 154 Å². The van der Waals surface area contributed by atoms with Gasteiger partial charge in [-0.15, -0.1) is 0 Å². The molecular formula is C22H27NO3. The lowest BCUT2D eigenvalue weighted by Gasteiger charge is -2.32. The molecule has 2 saturated carbocycles. The van der Waals surface area contributed by atoms with Gasteiger partial charge in [0.2, 0.25) is 5.89 Å². The number of ether oxygens (including phenoxy) is 2. The Kier molecular flexibility index (Phi) is 4.24. The number of nitrogens with zero attached hydrogens (tertiary/aromatic N) is 1. The Morgan fingerprint density at radius 1 is 1.04 bits per heavy atom. The van der Waals surface area contributed by atoms with Crippen LogP contribution in [0.1, 0.15) is 74.4 Å². The van der Waals surface area contributed by atoms with Crippen molar-refractivity contribution >= 4 is 0 Å². The maximum atomic E-state index is 6.43. The van der Waals surface area contributed by atoms with E-state index in [1.807, 2.05) is 6.07 Å². The molecule has 2 fully saturated rings. The van der Waals surface area contributed by atoms with Crippen molar-refractivity contribution in [2.24, 2.45) is 0 Å². The zero-order valence-electron chi connectivity index (χ0n) is 15.3. The van der Waals surface area contributed by atoms with Gasteiger partial charge in [0.1, 0.15) is 24.3 Å². The van der Waals surface area contributed by atoms with Crippen LogP contribution in [0.5, 0.6) is 5.75 Å². The normalized spacial score (nSPS) is 27.7. The zero-order valence-corrected chi connectivity index (χ0v) is 15.3. The first kappa shape index (κ1) is 16.4. The summed E-state index contributed by atoms with van der Waals surface area (Å²) in [7, 11) is 0. The van der Waals surface area contributed by atoms with Gasteiger partial charge in [0, 0.05) is 0 Å². The fourth-order valence-corrected chi connectivity index (χ4v) is 4.94. The molecule has 0 N–H and O–H groups in total. The Morgan fingerprint density at radius 2 is 1.88 bits per heavy atom. The molecule has 2 aliphatic carbocycles. The lowest BCUT2D eigenvalue weighted by Crippen LogP contribution is -2.33. The molecule has 26 heavy (non-hydrogen) atoms. The Hall–Kier alpha value is -1.81. The number of rotatable bonds is 0. The first-order chi connectivity index (χ1) is 12.8. The van der Waals surface area contributed by atoms with Gasteiger partial charge in [-0.1, -0.05) is 25.0 Å². The van der Waals surface area contributed by atoms with E-state index in [1.54, 1.807) is 6.26 Å². The standard InChI is InChI=1S/C22H27NO3/c1-2-11-22(10-1)15-26-19-8-6-16(7-9-19)17-4-3-5-20(12-17)24-13-18-14-25-21(22)23-18/h3-5,12,14,16,19H,1-2,6-11,13,15H2. The maximum absolute atomic E-state index is 6.43. The highest BCUT2D eigenvalue weighted by molar-refractivity contribution is 5.31. The van der Waals surface area contributed by atoms with Gasteiger partial charge >= 0.3 is 0 Å². The van der Waals surface area contributed by atoms with Crippen molar-refractivity contribution in [1.29, 1.82) is 0 Å². The van der Waals surface area contributed by atoms with Crippen LogP contribution in [0.25, 0.3) is 0 Å². The number of hydrogen-bond donors (Lipinski definition) is 0. The summed E-state index contributed by atoms with van der Waals surface area (Å²) >= 11 is 0. The summed E-state index contributed by atoms with van der Waals surface area (Å²) in [5.74, 6) is 2.41. The smallest absolute Gasteiger partial charge is 0.202 e. The third-order valence-electron chi connectivity index (χ3n) is 6.55. The monoisotopic (exact) mass is 353 g/mol. The molecule has 0 atom stereocenters. The van der Waals surface area contributed by atoms with Gasteiger partial charge in [-0.2, -0.15) is 0 Å². The fourth-order valence-electron chi connectivity index (χ4n) is 4.94. The summed E-state index contributed by atoms with van der Waals surface area (Å²) in [5.41, 5.74) is 2.23. The largest absolute Gasteiger partial charge is 0.487 e. The molecule has 138 valence electrons. The second-order valence-corrected chi connectivity index (χ2v) is 8.28. The van der Waals surface area contributed by atoms with Gasteiger partial charge < -0.3 is 13.9 Å². The average molecular weight is 353 g/mol. The van der Waals surface area contributed by atoms with Crippen LogP contribution in [-0.4, -0.2) is 17.7 Å². The molecule has 4 heteroatoms. The Morgan fingerprint density at radius 3 is 2.73 bits per heavy atom. The van der Waals surface area contributed by atoms with Gasteiger partial charge in [-0.25, -0.2) is 4.98 Å². The zero-order chi connectivity index (χ0) is 17.4. The molecule has 6 bridgehead atoms. The molecule has 1 spiro atoms. The molecule has 4 nitrogen and oxygen atoms in total. The van der Waals surface area contributed by atoms with Gasteiger partial charge in [0.15, 0.2) is 0 Å². The van der Waals surface area contributed by atoms with Crippen LogP contribution >= 0.6 is 0 Å². The first-order valence-corrected chi connectivity index (χ1v) is 10.1. The van der Waals surface area contributed by atoms with Crippen LogP contribution in [0.15, 0.2) is 34.9 Å². The summed E-state index contributed by atoms with van der Waals surface area (Å²) in [4.78, 5) is 4.79. The highest BCUT2D eigenvalue weighted by Crippen LogP contribution is 2.42. The quantitative estimate of drug-likeness (QED) is 0.659. The molecule has 2 aromatic rings. The summed E-state index contributed by atoms with van der Waals surface area (Å²) in [6.07, 6.45) is 11.5. The number of hydrogen-bond acceptors (Lipinski definition) is 4. The van der Waals surface area contributed by atoms with E-state index < -0.39 is 0 Å². The minimum absolute atomic E-state index is 0.0349. The Balaban J connectivity index is 1.47. The van der Waals surface area contributed by atoms with Crippen molar-refractivity contribution in [2.75, 3.05) is 6.61 Å². The predicted molar refractivity (Wildman–Crippen MR) is 98.4 cm³/mol. The van der Waals surface area contributed by atoms with E-state index in [1.165, 1.54) is 31.2 Å². The van der Waals surface area contributed by atoms with Crippen molar-refractivity contribution < 1.29 is 13.9 Å². The number of oxazole rings is 1. The lowest BCUT2D eigenvalue weighted by atomic mass is 9.82. The van der Waals surface area contributed by atoms with Gasteiger partial charge in [-0.3, -0.25) is 0 Å². The molecule has 2 aliphatic heterocycles. The molecule has 1 aromatic heterocycles. The lowest BCUT2D eigenvalue weighted by molar-refractivity contribution is -0.00965. The highest BCUT2D eigenvalue weighted by atomic mass is 16.5. The van der Waals surface area contributed by atoms with Crippen molar-refractivity contribution in [3.63, 3.8) is 0 Å². The molecule has 4 aliphatic rings. The molecule has 1 aromatic carbocycles. The molecule has 0 unspecified atom stereocenters. The van der Waals surface area contributed by atoms with E-state index in [4.69, 9.17) is 18.9 Å². The molecule has 0 radical (unpaired) electrons. The number of fused-ring (bicyclic) bond motifs is 4. The third kappa shape index (κ3) is 3.05. The molecule has 0 amide bonds. The van der Waals surface area contributed by atoms with Crippen LogP contribution in [0, 0.1) is 0 Å². The van der Waals surface area contributed by atoms with E-state index in [9.17, 15) is 0 Å². The first-order valence-electron chi connectivity index (χ1n) is 10.1. The van der Waals surface area contributed by atoms with Crippen molar-refractivity contribution in [1.82, 2.24) is 4.98 Å². The highest BCUT2D eigenvalue weighted by Gasteiger charge is 2.41. The summed E-state index contributed by atoms with van der Waals surface area (Å²) in [6, 6.07) is 8.58. The van der Waals surface area contributed by atoms with Crippen molar-refractivity contribution in [3.8, 4) is 5.75 Å². The average Bonchev–Trinajstić information content (AvgIpc) is 3.35. The minimum Gasteiger partial charge on any atom is -0.487 e. The third-order valence-corrected chi connectivity index (χ3v) is 6.55. The van der Waals surface area contributed by atoms with Crippen molar-refractivity contribution in [2.45, 2.75) is 75.4 Å².